The number of hydrogen-bond donors (Lipinski definition) is 1. The molecule has 106 valence electrons. The summed E-state index contributed by atoms with van der Waals surface area (Å²) in [5.74, 6) is -0.853. The molecular formula is C15H14BrF2NS. The highest BCUT2D eigenvalue weighted by Gasteiger charge is 2.10. The Labute approximate surface area is 129 Å². The summed E-state index contributed by atoms with van der Waals surface area (Å²) in [6.45, 7) is 2.05. The van der Waals surface area contributed by atoms with Crippen molar-refractivity contribution in [2.75, 3.05) is 7.05 Å². The summed E-state index contributed by atoms with van der Waals surface area (Å²) in [6.07, 6.45) is 0. The Kier molecular flexibility index (Phi) is 5.18. The van der Waals surface area contributed by atoms with Crippen molar-refractivity contribution >= 4 is 27.7 Å². The maximum Gasteiger partial charge on any atom is 0.137 e. The van der Waals surface area contributed by atoms with Gasteiger partial charge >= 0.3 is 0 Å². The van der Waals surface area contributed by atoms with E-state index in [1.807, 2.05) is 25.2 Å². The second-order valence-corrected chi connectivity index (χ2v) is 6.34. The zero-order valence-corrected chi connectivity index (χ0v) is 13.5. The molecule has 2 rings (SSSR count). The van der Waals surface area contributed by atoms with E-state index in [-0.39, 0.29) is 10.9 Å². The van der Waals surface area contributed by atoms with E-state index in [1.54, 1.807) is 0 Å². The summed E-state index contributed by atoms with van der Waals surface area (Å²) >= 11 is 4.72. The van der Waals surface area contributed by atoms with Crippen LogP contribution >= 0.6 is 27.7 Å². The largest absolute Gasteiger partial charge is 0.313 e. The Bertz CT molecular complexity index is 619. The first-order valence-electron chi connectivity index (χ1n) is 6.11. The first-order valence-corrected chi connectivity index (χ1v) is 7.72. The number of benzene rings is 2. The first kappa shape index (κ1) is 15.5. The molecule has 1 unspecified atom stereocenters. The number of hydrogen-bond acceptors (Lipinski definition) is 2. The van der Waals surface area contributed by atoms with Crippen LogP contribution in [0.1, 0.15) is 18.5 Å². The molecule has 1 N–H and O–H groups in total. The normalized spacial score (nSPS) is 12.4. The quantitative estimate of drug-likeness (QED) is 0.810. The maximum atomic E-state index is 13.6. The average molecular weight is 358 g/mol. The van der Waals surface area contributed by atoms with Gasteiger partial charge in [-0.25, -0.2) is 8.78 Å². The number of rotatable bonds is 4. The second kappa shape index (κ2) is 6.70. The molecule has 2 aromatic rings. The van der Waals surface area contributed by atoms with Crippen LogP contribution in [0.5, 0.6) is 0 Å². The molecule has 0 bridgehead atoms. The summed E-state index contributed by atoms with van der Waals surface area (Å²) < 4.78 is 27.7. The van der Waals surface area contributed by atoms with Crippen molar-refractivity contribution in [3.8, 4) is 0 Å². The predicted molar refractivity (Wildman–Crippen MR) is 82.1 cm³/mol. The third-order valence-corrected chi connectivity index (χ3v) is 4.70. The van der Waals surface area contributed by atoms with Gasteiger partial charge in [-0.1, -0.05) is 33.8 Å². The molecule has 20 heavy (non-hydrogen) atoms. The minimum absolute atomic E-state index is 0.217. The lowest BCUT2D eigenvalue weighted by molar-refractivity contribution is 0.577. The second-order valence-electron chi connectivity index (χ2n) is 4.37. The number of nitrogens with one attached hydrogen (secondary N) is 1. The summed E-state index contributed by atoms with van der Waals surface area (Å²) in [5, 5.41) is 3.16. The highest BCUT2D eigenvalue weighted by atomic mass is 79.9. The van der Waals surface area contributed by atoms with Crippen molar-refractivity contribution < 1.29 is 8.78 Å². The zero-order chi connectivity index (χ0) is 14.7. The summed E-state index contributed by atoms with van der Waals surface area (Å²) in [4.78, 5) is 1.14. The van der Waals surface area contributed by atoms with Gasteiger partial charge in [0.1, 0.15) is 11.6 Å². The zero-order valence-electron chi connectivity index (χ0n) is 11.1. The fraction of sp³-hybridized carbons (Fsp3) is 0.200. The summed E-state index contributed by atoms with van der Waals surface area (Å²) in [6, 6.07) is 9.48. The molecule has 1 atom stereocenters. The summed E-state index contributed by atoms with van der Waals surface area (Å²) in [7, 11) is 1.89. The molecule has 0 aromatic heterocycles. The molecule has 0 heterocycles. The van der Waals surface area contributed by atoms with Crippen LogP contribution in [0.25, 0.3) is 0 Å². The lowest BCUT2D eigenvalue weighted by Crippen LogP contribution is -2.12. The van der Waals surface area contributed by atoms with Gasteiger partial charge < -0.3 is 5.32 Å². The predicted octanol–water partition coefficient (Wildman–Crippen LogP) is 5.16. The molecule has 0 aliphatic carbocycles. The fourth-order valence-corrected chi connectivity index (χ4v) is 3.54. The van der Waals surface area contributed by atoms with E-state index >= 15 is 0 Å². The molecule has 0 spiro atoms. The first-order chi connectivity index (χ1) is 9.51. The topological polar surface area (TPSA) is 12.0 Å². The third-order valence-electron chi connectivity index (χ3n) is 2.99. The van der Waals surface area contributed by atoms with Gasteiger partial charge in [0.15, 0.2) is 0 Å². The van der Waals surface area contributed by atoms with Gasteiger partial charge in [0.25, 0.3) is 0 Å². The minimum atomic E-state index is -0.437. The van der Waals surface area contributed by atoms with E-state index in [1.165, 1.54) is 17.8 Å². The van der Waals surface area contributed by atoms with Gasteiger partial charge in [0, 0.05) is 15.4 Å². The Morgan fingerprint density at radius 2 is 1.90 bits per heavy atom. The van der Waals surface area contributed by atoms with Crippen molar-refractivity contribution in [2.24, 2.45) is 0 Å². The Morgan fingerprint density at radius 3 is 2.55 bits per heavy atom. The molecule has 5 heteroatoms. The molecular weight excluding hydrogens is 344 g/mol. The van der Waals surface area contributed by atoms with Crippen LogP contribution in [0.2, 0.25) is 0 Å². The molecule has 0 amide bonds. The molecule has 0 saturated carbocycles. The van der Waals surface area contributed by atoms with Crippen LogP contribution in [0.15, 0.2) is 50.7 Å². The molecule has 1 nitrogen and oxygen atoms in total. The number of halogens is 3. The Balaban J connectivity index is 2.26. The van der Waals surface area contributed by atoms with E-state index < -0.39 is 11.6 Å². The Morgan fingerprint density at radius 1 is 1.15 bits per heavy atom. The van der Waals surface area contributed by atoms with Crippen molar-refractivity contribution in [1.82, 2.24) is 5.32 Å². The van der Waals surface area contributed by atoms with E-state index in [0.29, 0.717) is 0 Å². The van der Waals surface area contributed by atoms with Crippen LogP contribution in [-0.4, -0.2) is 7.05 Å². The van der Waals surface area contributed by atoms with E-state index in [0.717, 1.165) is 27.1 Å². The van der Waals surface area contributed by atoms with Crippen LogP contribution in [0.3, 0.4) is 0 Å². The molecule has 0 radical (unpaired) electrons. The summed E-state index contributed by atoms with van der Waals surface area (Å²) in [5.41, 5.74) is 1.12. The molecule has 0 aliphatic heterocycles. The van der Waals surface area contributed by atoms with Crippen LogP contribution in [-0.2, 0) is 0 Å². The van der Waals surface area contributed by atoms with E-state index in [9.17, 15) is 8.78 Å². The molecule has 0 saturated heterocycles. The smallest absolute Gasteiger partial charge is 0.137 e. The lowest BCUT2D eigenvalue weighted by Gasteiger charge is -2.14. The monoisotopic (exact) mass is 357 g/mol. The maximum absolute atomic E-state index is 13.6. The minimum Gasteiger partial charge on any atom is -0.313 e. The van der Waals surface area contributed by atoms with Gasteiger partial charge in [0.2, 0.25) is 0 Å². The van der Waals surface area contributed by atoms with Crippen molar-refractivity contribution in [3.05, 3.63) is 58.1 Å². The average Bonchev–Trinajstić information content (AvgIpc) is 2.42. The van der Waals surface area contributed by atoms with Gasteiger partial charge in [-0.2, -0.15) is 0 Å². The molecule has 0 aliphatic rings. The van der Waals surface area contributed by atoms with Crippen LogP contribution in [0.4, 0.5) is 8.78 Å². The molecule has 2 aromatic carbocycles. The van der Waals surface area contributed by atoms with Gasteiger partial charge in [-0.15, -0.1) is 0 Å². The molecule has 0 fully saturated rings. The van der Waals surface area contributed by atoms with Crippen molar-refractivity contribution in [3.63, 3.8) is 0 Å². The fourth-order valence-electron chi connectivity index (χ4n) is 1.76. The third kappa shape index (κ3) is 3.59. The van der Waals surface area contributed by atoms with Crippen LogP contribution in [0, 0.1) is 11.6 Å². The SMILES string of the molecule is CNC(C)c1ccc(Sc2cc(F)ccc2F)cc1Br. The standard InChI is InChI=1S/C15H14BrF2NS/c1-9(19-2)12-5-4-11(8-13(12)16)20-15-7-10(17)3-6-14(15)18/h3-9,19H,1-2H3. The van der Waals surface area contributed by atoms with Gasteiger partial charge in [-0.3, -0.25) is 0 Å². The lowest BCUT2D eigenvalue weighted by atomic mass is 10.1. The van der Waals surface area contributed by atoms with Crippen molar-refractivity contribution in [2.45, 2.75) is 22.8 Å². The Hall–Kier alpha value is -0.910. The van der Waals surface area contributed by atoms with Crippen molar-refractivity contribution in [1.29, 1.82) is 0 Å². The van der Waals surface area contributed by atoms with Crippen LogP contribution < -0.4 is 5.32 Å². The highest BCUT2D eigenvalue weighted by Crippen LogP contribution is 2.34. The highest BCUT2D eigenvalue weighted by molar-refractivity contribution is 9.10. The van der Waals surface area contributed by atoms with E-state index in [4.69, 9.17) is 0 Å². The van der Waals surface area contributed by atoms with Gasteiger partial charge in [-0.05, 0) is 49.9 Å². The van der Waals surface area contributed by atoms with E-state index in [2.05, 4.69) is 28.2 Å². The van der Waals surface area contributed by atoms with Gasteiger partial charge in [0.05, 0.1) is 4.90 Å².